The largest absolute Gasteiger partial charge is 0.350 e. The first-order chi connectivity index (χ1) is 7.31. The van der Waals surface area contributed by atoms with E-state index in [1.165, 1.54) is 0 Å². The molecule has 0 heterocycles. The van der Waals surface area contributed by atoms with Crippen molar-refractivity contribution < 1.29 is 4.79 Å². The number of amides is 1. The zero-order valence-electron chi connectivity index (χ0n) is 12.8. The lowest BCUT2D eigenvalue weighted by atomic mass is 9.82. The minimum Gasteiger partial charge on any atom is -0.350 e. The van der Waals surface area contributed by atoms with Gasteiger partial charge in [0.2, 0.25) is 5.91 Å². The molecule has 0 spiro atoms. The molecule has 0 bridgehead atoms. The Balaban J connectivity index is 4.15. The summed E-state index contributed by atoms with van der Waals surface area (Å²) in [5, 5.41) is 6.28. The number of hydrogen-bond donors (Lipinski definition) is 2. The summed E-state index contributed by atoms with van der Waals surface area (Å²) in [5.74, 6) is 0.0551. The molecule has 3 nitrogen and oxygen atoms in total. The zero-order valence-corrected chi connectivity index (χ0v) is 12.8. The van der Waals surface area contributed by atoms with Gasteiger partial charge >= 0.3 is 0 Å². The average Bonchev–Trinajstić information content (AvgIpc) is 1.92. The van der Waals surface area contributed by atoms with Gasteiger partial charge in [-0.25, -0.2) is 0 Å². The Kier molecular flexibility index (Phi) is 5.20. The summed E-state index contributed by atoms with van der Waals surface area (Å²) in [6.07, 6.45) is 1.03. The molecule has 0 saturated carbocycles. The summed E-state index contributed by atoms with van der Waals surface area (Å²) in [6, 6.07) is 0. The number of carbonyl (C=O) groups is 1. The van der Waals surface area contributed by atoms with Crippen molar-refractivity contribution in [3.05, 3.63) is 0 Å². The molecule has 102 valence electrons. The second-order valence-electron chi connectivity index (χ2n) is 7.77. The molecule has 0 unspecified atom stereocenters. The second kappa shape index (κ2) is 5.38. The summed E-state index contributed by atoms with van der Waals surface area (Å²) in [7, 11) is 0. The molecule has 0 aliphatic carbocycles. The van der Waals surface area contributed by atoms with Gasteiger partial charge in [0.25, 0.3) is 0 Å². The first-order valence-electron chi connectivity index (χ1n) is 6.37. The van der Waals surface area contributed by atoms with E-state index in [0.717, 1.165) is 6.42 Å². The molecule has 0 rings (SSSR count). The van der Waals surface area contributed by atoms with E-state index >= 15 is 0 Å². The smallest absolute Gasteiger partial charge is 0.234 e. The zero-order chi connectivity index (χ0) is 13.9. The van der Waals surface area contributed by atoms with E-state index < -0.39 is 0 Å². The summed E-state index contributed by atoms with van der Waals surface area (Å²) >= 11 is 0. The molecule has 0 aromatic carbocycles. The predicted octanol–water partition coefficient (Wildman–Crippen LogP) is 2.71. The average molecular weight is 242 g/mol. The van der Waals surface area contributed by atoms with Crippen LogP contribution in [-0.2, 0) is 4.79 Å². The highest BCUT2D eigenvalue weighted by atomic mass is 16.2. The van der Waals surface area contributed by atoms with Crippen LogP contribution in [0.25, 0.3) is 0 Å². The predicted molar refractivity (Wildman–Crippen MR) is 74.0 cm³/mol. The van der Waals surface area contributed by atoms with Gasteiger partial charge in [-0.2, -0.15) is 0 Å². The van der Waals surface area contributed by atoms with Gasteiger partial charge in [-0.15, -0.1) is 0 Å². The van der Waals surface area contributed by atoms with Gasteiger partial charge in [0.15, 0.2) is 0 Å². The molecular weight excluding hydrogens is 212 g/mol. The fraction of sp³-hybridized carbons (Fsp3) is 0.929. The van der Waals surface area contributed by atoms with Crippen molar-refractivity contribution in [2.75, 3.05) is 6.54 Å². The van der Waals surface area contributed by atoms with Crippen LogP contribution < -0.4 is 10.6 Å². The third-order valence-corrected chi connectivity index (χ3v) is 2.21. The molecule has 0 radical (unpaired) electrons. The lowest BCUT2D eigenvalue weighted by molar-refractivity contribution is -0.122. The fourth-order valence-corrected chi connectivity index (χ4v) is 2.17. The van der Waals surface area contributed by atoms with Crippen LogP contribution in [0.4, 0.5) is 0 Å². The minimum absolute atomic E-state index is 0.0204. The first-order valence-corrected chi connectivity index (χ1v) is 6.37. The van der Waals surface area contributed by atoms with Crippen molar-refractivity contribution in [2.45, 2.75) is 72.9 Å². The van der Waals surface area contributed by atoms with Gasteiger partial charge in [0.05, 0.1) is 6.54 Å². The molecule has 0 aromatic rings. The summed E-state index contributed by atoms with van der Waals surface area (Å²) in [5.41, 5.74) is 0.0808. The van der Waals surface area contributed by atoms with E-state index in [1.807, 2.05) is 20.8 Å². The highest BCUT2D eigenvalue weighted by molar-refractivity contribution is 5.78. The Labute approximate surface area is 107 Å². The Morgan fingerprint density at radius 1 is 0.941 bits per heavy atom. The molecule has 0 fully saturated rings. The van der Waals surface area contributed by atoms with Crippen molar-refractivity contribution >= 4 is 5.91 Å². The molecule has 0 aromatic heterocycles. The van der Waals surface area contributed by atoms with Crippen LogP contribution in [0.5, 0.6) is 0 Å². The highest BCUT2D eigenvalue weighted by Gasteiger charge is 2.25. The lowest BCUT2D eigenvalue weighted by Gasteiger charge is -2.33. The van der Waals surface area contributed by atoms with E-state index in [4.69, 9.17) is 0 Å². The molecule has 3 heteroatoms. The van der Waals surface area contributed by atoms with Crippen molar-refractivity contribution in [1.29, 1.82) is 0 Å². The Morgan fingerprint density at radius 3 is 1.76 bits per heavy atom. The molecule has 0 aliphatic heterocycles. The summed E-state index contributed by atoms with van der Waals surface area (Å²) in [6.45, 7) is 17.3. The number of carbonyl (C=O) groups excluding carboxylic acids is 1. The maximum Gasteiger partial charge on any atom is 0.234 e. The number of hydrogen-bond acceptors (Lipinski definition) is 2. The SMILES string of the molecule is CC(C)(C)CC(C)(C)NCC(=O)NC(C)(C)C. The Bertz CT molecular complexity index is 256. The maximum absolute atomic E-state index is 11.7. The van der Waals surface area contributed by atoms with Crippen molar-refractivity contribution in [1.82, 2.24) is 10.6 Å². The quantitative estimate of drug-likeness (QED) is 0.796. The van der Waals surface area contributed by atoms with Gasteiger partial charge < -0.3 is 10.6 Å². The van der Waals surface area contributed by atoms with E-state index in [9.17, 15) is 4.79 Å². The molecule has 1 amide bonds. The molecular formula is C14H30N2O. The van der Waals surface area contributed by atoms with Gasteiger partial charge in [0.1, 0.15) is 0 Å². The van der Waals surface area contributed by atoms with Crippen LogP contribution >= 0.6 is 0 Å². The molecule has 0 saturated heterocycles. The Hall–Kier alpha value is -0.570. The summed E-state index contributed by atoms with van der Waals surface area (Å²) in [4.78, 5) is 11.7. The normalized spacial score (nSPS) is 13.6. The molecule has 2 N–H and O–H groups in total. The van der Waals surface area contributed by atoms with Crippen LogP contribution in [-0.4, -0.2) is 23.5 Å². The van der Waals surface area contributed by atoms with Crippen molar-refractivity contribution in [3.8, 4) is 0 Å². The Morgan fingerprint density at radius 2 is 1.41 bits per heavy atom. The fourth-order valence-electron chi connectivity index (χ4n) is 2.17. The third kappa shape index (κ3) is 10.3. The van der Waals surface area contributed by atoms with Gasteiger partial charge in [-0.1, -0.05) is 20.8 Å². The third-order valence-electron chi connectivity index (χ3n) is 2.21. The van der Waals surface area contributed by atoms with E-state index in [2.05, 4.69) is 45.3 Å². The topological polar surface area (TPSA) is 41.1 Å². The van der Waals surface area contributed by atoms with Crippen LogP contribution in [0.3, 0.4) is 0 Å². The highest BCUT2D eigenvalue weighted by Crippen LogP contribution is 2.26. The van der Waals surface area contributed by atoms with Gasteiger partial charge in [0, 0.05) is 11.1 Å². The molecule has 0 aliphatic rings. The van der Waals surface area contributed by atoms with E-state index in [1.54, 1.807) is 0 Å². The minimum atomic E-state index is -0.160. The van der Waals surface area contributed by atoms with Crippen LogP contribution in [0.15, 0.2) is 0 Å². The van der Waals surface area contributed by atoms with Crippen LogP contribution in [0.1, 0.15) is 61.8 Å². The molecule has 17 heavy (non-hydrogen) atoms. The van der Waals surface area contributed by atoms with E-state index in [-0.39, 0.29) is 22.4 Å². The van der Waals surface area contributed by atoms with Crippen LogP contribution in [0.2, 0.25) is 0 Å². The molecule has 0 atom stereocenters. The second-order valence-corrected chi connectivity index (χ2v) is 7.77. The van der Waals surface area contributed by atoms with Gasteiger partial charge in [-0.05, 0) is 46.5 Å². The van der Waals surface area contributed by atoms with E-state index in [0.29, 0.717) is 6.54 Å². The number of nitrogens with one attached hydrogen (secondary N) is 2. The van der Waals surface area contributed by atoms with Crippen molar-refractivity contribution in [2.24, 2.45) is 5.41 Å². The lowest BCUT2D eigenvalue weighted by Crippen LogP contribution is -2.50. The van der Waals surface area contributed by atoms with Gasteiger partial charge in [-0.3, -0.25) is 4.79 Å². The number of rotatable bonds is 4. The summed E-state index contributed by atoms with van der Waals surface area (Å²) < 4.78 is 0. The maximum atomic E-state index is 11.7. The standard InChI is InChI=1S/C14H30N2O/c1-12(2,3)10-14(7,8)15-9-11(17)16-13(4,5)6/h15H,9-10H2,1-8H3,(H,16,17). The first kappa shape index (κ1) is 16.4. The van der Waals surface area contributed by atoms with Crippen LogP contribution in [0, 0.1) is 5.41 Å². The van der Waals surface area contributed by atoms with Crippen molar-refractivity contribution in [3.63, 3.8) is 0 Å². The monoisotopic (exact) mass is 242 g/mol.